The van der Waals surface area contributed by atoms with E-state index in [4.69, 9.17) is 5.73 Å². The molecule has 2 unspecified atom stereocenters. The number of rotatable bonds is 5. The van der Waals surface area contributed by atoms with E-state index in [-0.39, 0.29) is 10.9 Å². The highest BCUT2D eigenvalue weighted by Crippen LogP contribution is 2.51. The van der Waals surface area contributed by atoms with Gasteiger partial charge in [-0.1, -0.05) is 5.16 Å². The summed E-state index contributed by atoms with van der Waals surface area (Å²) in [6.07, 6.45) is 0.904. The number of amides is 2. The molecule has 1 aromatic rings. The van der Waals surface area contributed by atoms with Crippen LogP contribution in [0.3, 0.4) is 0 Å². The molecule has 26 heavy (non-hydrogen) atoms. The molecule has 12 heteroatoms. The molecule has 2 aliphatic heterocycles. The largest absolute Gasteiger partial charge is 0.477 e. The van der Waals surface area contributed by atoms with Crippen molar-refractivity contribution >= 4 is 52.2 Å². The average molecular weight is 397 g/mol. The predicted octanol–water partition coefficient (Wildman–Crippen LogP) is 0.157. The van der Waals surface area contributed by atoms with Gasteiger partial charge in [-0.25, -0.2) is 9.78 Å². The number of nitrogens with zero attached hydrogens (tertiary/aromatic N) is 3. The number of thioether (sulfide) groups is 1. The zero-order valence-corrected chi connectivity index (χ0v) is 15.3. The van der Waals surface area contributed by atoms with Gasteiger partial charge >= 0.3 is 5.97 Å². The van der Waals surface area contributed by atoms with Crippen LogP contribution in [0.25, 0.3) is 0 Å². The number of nitrogens with one attached hydrogen (secondary N) is 1. The molecule has 0 aliphatic carbocycles. The lowest BCUT2D eigenvalue weighted by molar-refractivity contribution is -0.150. The molecule has 0 bridgehead atoms. The number of hydrogen-bond acceptors (Lipinski definition) is 9. The van der Waals surface area contributed by atoms with Crippen LogP contribution in [0, 0.1) is 0 Å². The Balaban J connectivity index is 1.90. The Morgan fingerprint density at radius 3 is 2.85 bits per heavy atom. The zero-order valence-electron chi connectivity index (χ0n) is 13.7. The summed E-state index contributed by atoms with van der Waals surface area (Å²) in [7, 11) is 1.29. The SMILES string of the molecule is CON=CC(=O)NC1C(=O)N2C(C(=O)O)=C(C)C(c3csc(N)n3)S[C@@H]12. The second-order valence-corrected chi connectivity index (χ2v) is 7.58. The number of thiazole rings is 1. The summed E-state index contributed by atoms with van der Waals surface area (Å²) in [5, 5.41) is 16.6. The fraction of sp³-hybridized carbons (Fsp3) is 0.357. The standard InChI is InChI=1S/C14H15N5O5S2/c1-5-9(13(22)23)19-11(21)8(18-7(20)3-16-24-2)12(19)26-10(5)6-4-25-14(15)17-6/h3-4,8,10,12H,1-2H3,(H2,15,17)(H,18,20)(H,22,23)/t8?,10?,12-/m0/s1. The van der Waals surface area contributed by atoms with Crippen molar-refractivity contribution in [3.05, 3.63) is 22.3 Å². The van der Waals surface area contributed by atoms with E-state index >= 15 is 0 Å². The van der Waals surface area contributed by atoms with E-state index in [1.54, 1.807) is 12.3 Å². The van der Waals surface area contributed by atoms with Crippen LogP contribution in [0.15, 0.2) is 21.8 Å². The van der Waals surface area contributed by atoms with Crippen LogP contribution in [0.1, 0.15) is 17.9 Å². The van der Waals surface area contributed by atoms with E-state index < -0.39 is 29.2 Å². The van der Waals surface area contributed by atoms with Gasteiger partial charge in [0.1, 0.15) is 30.4 Å². The van der Waals surface area contributed by atoms with Crippen molar-refractivity contribution in [3.8, 4) is 0 Å². The molecule has 3 rings (SSSR count). The van der Waals surface area contributed by atoms with Crippen molar-refractivity contribution in [3.63, 3.8) is 0 Å². The first-order chi connectivity index (χ1) is 12.3. The Morgan fingerprint density at radius 2 is 2.27 bits per heavy atom. The minimum absolute atomic E-state index is 0.0913. The summed E-state index contributed by atoms with van der Waals surface area (Å²) in [5.41, 5.74) is 6.72. The number of nitrogen functional groups attached to an aromatic ring is 1. The number of carbonyl (C=O) groups is 3. The van der Waals surface area contributed by atoms with Gasteiger partial charge in [-0.05, 0) is 12.5 Å². The fourth-order valence-electron chi connectivity index (χ4n) is 2.81. The molecular formula is C14H15N5O5S2. The molecule has 3 atom stereocenters. The Bertz CT molecular complexity index is 835. The third-order valence-electron chi connectivity index (χ3n) is 3.91. The topological polar surface area (TPSA) is 147 Å². The summed E-state index contributed by atoms with van der Waals surface area (Å²) < 4.78 is 0. The number of nitrogens with two attached hydrogens (primary N) is 1. The highest BCUT2D eigenvalue weighted by molar-refractivity contribution is 8.00. The van der Waals surface area contributed by atoms with Gasteiger partial charge in [-0.3, -0.25) is 14.5 Å². The van der Waals surface area contributed by atoms with Crippen LogP contribution < -0.4 is 11.1 Å². The van der Waals surface area contributed by atoms with Crippen LogP contribution in [0.5, 0.6) is 0 Å². The minimum Gasteiger partial charge on any atom is -0.477 e. The number of carboxylic acids is 1. The number of β-lactam (4-membered cyclic amide) rings is 1. The van der Waals surface area contributed by atoms with Crippen LogP contribution in [-0.2, 0) is 19.2 Å². The van der Waals surface area contributed by atoms with Crippen molar-refractivity contribution < 1.29 is 24.3 Å². The quantitative estimate of drug-likeness (QED) is 0.361. The number of carbonyl (C=O) groups excluding carboxylic acids is 2. The van der Waals surface area contributed by atoms with Gasteiger partial charge in [0, 0.05) is 5.38 Å². The Kier molecular flexibility index (Phi) is 4.87. The van der Waals surface area contributed by atoms with E-state index in [1.807, 2.05) is 0 Å². The maximum absolute atomic E-state index is 12.4. The Hall–Kier alpha value is -2.60. The highest BCUT2D eigenvalue weighted by atomic mass is 32.2. The molecule has 10 nitrogen and oxygen atoms in total. The summed E-state index contributed by atoms with van der Waals surface area (Å²) in [6, 6.07) is -0.864. The van der Waals surface area contributed by atoms with Crippen LogP contribution in [-0.4, -0.2) is 57.5 Å². The number of aromatic nitrogens is 1. The molecule has 0 radical (unpaired) electrons. The van der Waals surface area contributed by atoms with E-state index in [1.165, 1.54) is 35.1 Å². The molecule has 1 fully saturated rings. The Labute approximate surface area is 156 Å². The van der Waals surface area contributed by atoms with Crippen LogP contribution in [0.4, 0.5) is 5.13 Å². The molecular weight excluding hydrogens is 382 g/mol. The summed E-state index contributed by atoms with van der Waals surface area (Å²) >= 11 is 2.59. The van der Waals surface area contributed by atoms with E-state index in [9.17, 15) is 19.5 Å². The maximum Gasteiger partial charge on any atom is 0.352 e. The predicted molar refractivity (Wildman–Crippen MR) is 95.3 cm³/mol. The van der Waals surface area contributed by atoms with E-state index in [0.29, 0.717) is 16.4 Å². The van der Waals surface area contributed by atoms with Gasteiger partial charge in [0.05, 0.1) is 10.9 Å². The van der Waals surface area contributed by atoms with Gasteiger partial charge in [-0.2, -0.15) is 0 Å². The number of oxime groups is 1. The number of fused-ring (bicyclic) bond motifs is 1. The first-order valence-electron chi connectivity index (χ1n) is 7.35. The molecule has 1 aromatic heterocycles. The molecule has 0 aromatic carbocycles. The molecule has 1 saturated heterocycles. The monoisotopic (exact) mass is 397 g/mol. The number of anilines is 1. The number of carboxylic acid groups (broad SMARTS) is 1. The van der Waals surface area contributed by atoms with Gasteiger partial charge in [0.2, 0.25) is 0 Å². The fourth-order valence-corrected chi connectivity index (χ4v) is 5.01. The van der Waals surface area contributed by atoms with Crippen molar-refractivity contribution in [1.82, 2.24) is 15.2 Å². The number of aliphatic carboxylic acids is 1. The maximum atomic E-state index is 12.4. The number of hydrogen-bond donors (Lipinski definition) is 3. The summed E-state index contributed by atoms with van der Waals surface area (Å²) in [5.74, 6) is -2.31. The smallest absolute Gasteiger partial charge is 0.352 e. The molecule has 4 N–H and O–H groups in total. The summed E-state index contributed by atoms with van der Waals surface area (Å²) in [4.78, 5) is 45.7. The first-order valence-corrected chi connectivity index (χ1v) is 9.18. The van der Waals surface area contributed by atoms with E-state index in [0.717, 1.165) is 6.21 Å². The lowest BCUT2D eigenvalue weighted by atomic mass is 10.0. The van der Waals surface area contributed by atoms with Gasteiger partial charge in [-0.15, -0.1) is 23.1 Å². The lowest BCUT2D eigenvalue weighted by Crippen LogP contribution is -2.70. The van der Waals surface area contributed by atoms with Crippen molar-refractivity contribution in [2.45, 2.75) is 23.6 Å². The molecule has 0 spiro atoms. The van der Waals surface area contributed by atoms with Crippen LogP contribution >= 0.6 is 23.1 Å². The van der Waals surface area contributed by atoms with Crippen molar-refractivity contribution in [1.29, 1.82) is 0 Å². The molecule has 0 saturated carbocycles. The highest BCUT2D eigenvalue weighted by Gasteiger charge is 2.56. The van der Waals surface area contributed by atoms with Gasteiger partial charge in [0.15, 0.2) is 5.13 Å². The van der Waals surface area contributed by atoms with Gasteiger partial charge in [0.25, 0.3) is 11.8 Å². The average Bonchev–Trinajstić information content (AvgIpc) is 3.03. The summed E-state index contributed by atoms with van der Waals surface area (Å²) in [6.45, 7) is 1.65. The molecule has 138 valence electrons. The lowest BCUT2D eigenvalue weighted by Gasteiger charge is -2.50. The third-order valence-corrected chi connectivity index (χ3v) is 6.23. The molecule has 2 amide bonds. The molecule has 3 heterocycles. The minimum atomic E-state index is -1.21. The van der Waals surface area contributed by atoms with Gasteiger partial charge < -0.3 is 21.0 Å². The second kappa shape index (κ2) is 6.96. The van der Waals surface area contributed by atoms with Crippen LogP contribution in [0.2, 0.25) is 0 Å². The third kappa shape index (κ3) is 3.01. The van der Waals surface area contributed by atoms with Crippen molar-refractivity contribution in [2.75, 3.05) is 12.8 Å². The molecule has 2 aliphatic rings. The second-order valence-electron chi connectivity index (χ2n) is 5.47. The van der Waals surface area contributed by atoms with Crippen molar-refractivity contribution in [2.24, 2.45) is 5.16 Å². The first kappa shape index (κ1) is 18.2. The zero-order chi connectivity index (χ0) is 19.0. The Morgan fingerprint density at radius 1 is 1.54 bits per heavy atom. The normalized spacial score (nSPS) is 25.1. The van der Waals surface area contributed by atoms with E-state index in [2.05, 4.69) is 20.3 Å².